The van der Waals surface area contributed by atoms with Crippen LogP contribution in [0.1, 0.15) is 54.8 Å². The molecule has 1 aromatic carbocycles. The number of nitrogens with zero attached hydrogens (tertiary/aromatic N) is 1. The van der Waals surface area contributed by atoms with Gasteiger partial charge in [-0.1, -0.05) is 23.8 Å². The Morgan fingerprint density at radius 3 is 2.95 bits per heavy atom. The molecular formula is C19H28N2. The summed E-state index contributed by atoms with van der Waals surface area (Å²) in [6, 6.07) is 8.59. The van der Waals surface area contributed by atoms with Crippen molar-refractivity contribution < 1.29 is 0 Å². The molecule has 2 aliphatic heterocycles. The highest BCUT2D eigenvalue weighted by Crippen LogP contribution is 2.39. The zero-order chi connectivity index (χ0) is 14.2. The molecule has 2 fully saturated rings. The highest BCUT2D eigenvalue weighted by atomic mass is 15.2. The van der Waals surface area contributed by atoms with Crippen LogP contribution in [0.3, 0.4) is 0 Å². The van der Waals surface area contributed by atoms with Gasteiger partial charge in [-0.25, -0.2) is 0 Å². The molecule has 3 aliphatic rings. The fraction of sp³-hybridized carbons (Fsp3) is 0.684. The van der Waals surface area contributed by atoms with Crippen molar-refractivity contribution in [2.45, 2.75) is 57.5 Å². The minimum atomic E-state index is 0.698. The second-order valence-corrected chi connectivity index (χ2v) is 7.36. The summed E-state index contributed by atoms with van der Waals surface area (Å²) < 4.78 is 0. The van der Waals surface area contributed by atoms with E-state index in [0.29, 0.717) is 6.04 Å². The molecule has 2 heterocycles. The maximum absolute atomic E-state index is 3.74. The van der Waals surface area contributed by atoms with Gasteiger partial charge in [-0.15, -0.1) is 0 Å². The SMILES string of the molecule is Cc1ccc2c(c1)C(N1CCCC(C3CCCN3)C1)CC2. The first-order valence-electron chi connectivity index (χ1n) is 8.88. The van der Waals surface area contributed by atoms with Gasteiger partial charge in [0.15, 0.2) is 0 Å². The maximum atomic E-state index is 3.74. The van der Waals surface area contributed by atoms with E-state index in [-0.39, 0.29) is 0 Å². The van der Waals surface area contributed by atoms with Crippen LogP contribution in [0.5, 0.6) is 0 Å². The zero-order valence-electron chi connectivity index (χ0n) is 13.3. The number of aryl methyl sites for hydroxylation is 2. The molecule has 0 amide bonds. The van der Waals surface area contributed by atoms with Crippen molar-refractivity contribution >= 4 is 0 Å². The van der Waals surface area contributed by atoms with Gasteiger partial charge >= 0.3 is 0 Å². The summed E-state index contributed by atoms with van der Waals surface area (Å²) in [6.45, 7) is 6.10. The molecule has 2 saturated heterocycles. The minimum Gasteiger partial charge on any atom is -0.314 e. The van der Waals surface area contributed by atoms with Crippen LogP contribution >= 0.6 is 0 Å². The molecular weight excluding hydrogens is 256 g/mol. The van der Waals surface area contributed by atoms with Crippen LogP contribution in [0.4, 0.5) is 0 Å². The number of rotatable bonds is 2. The molecule has 114 valence electrons. The average Bonchev–Trinajstić information content (AvgIpc) is 3.16. The lowest BCUT2D eigenvalue weighted by molar-refractivity contribution is 0.107. The molecule has 2 nitrogen and oxygen atoms in total. The number of hydrogen-bond acceptors (Lipinski definition) is 2. The maximum Gasteiger partial charge on any atom is 0.0354 e. The third kappa shape index (κ3) is 2.64. The second-order valence-electron chi connectivity index (χ2n) is 7.36. The van der Waals surface area contributed by atoms with Crippen molar-refractivity contribution in [1.29, 1.82) is 0 Å². The third-order valence-electron chi connectivity index (χ3n) is 5.94. The number of piperidine rings is 1. The Labute approximate surface area is 128 Å². The van der Waals surface area contributed by atoms with E-state index in [1.807, 2.05) is 0 Å². The Kier molecular flexibility index (Phi) is 3.76. The number of hydrogen-bond donors (Lipinski definition) is 1. The van der Waals surface area contributed by atoms with Gasteiger partial charge in [0, 0.05) is 18.6 Å². The fourth-order valence-electron chi connectivity index (χ4n) is 4.84. The van der Waals surface area contributed by atoms with Gasteiger partial charge in [0.05, 0.1) is 0 Å². The quantitative estimate of drug-likeness (QED) is 0.895. The number of likely N-dealkylation sites (tertiary alicyclic amines) is 1. The molecule has 4 rings (SSSR count). The van der Waals surface area contributed by atoms with Gasteiger partial charge in [0.2, 0.25) is 0 Å². The Morgan fingerprint density at radius 2 is 2.10 bits per heavy atom. The van der Waals surface area contributed by atoms with E-state index < -0.39 is 0 Å². The van der Waals surface area contributed by atoms with Gasteiger partial charge in [0.1, 0.15) is 0 Å². The lowest BCUT2D eigenvalue weighted by atomic mass is 9.88. The van der Waals surface area contributed by atoms with E-state index in [4.69, 9.17) is 0 Å². The van der Waals surface area contributed by atoms with Gasteiger partial charge in [-0.3, -0.25) is 4.90 Å². The highest BCUT2D eigenvalue weighted by molar-refractivity contribution is 5.37. The van der Waals surface area contributed by atoms with Crippen LogP contribution in [-0.2, 0) is 6.42 Å². The van der Waals surface area contributed by atoms with Gasteiger partial charge in [-0.05, 0) is 75.6 Å². The molecule has 0 radical (unpaired) electrons. The second kappa shape index (κ2) is 5.73. The van der Waals surface area contributed by atoms with E-state index in [9.17, 15) is 0 Å². The summed E-state index contributed by atoms with van der Waals surface area (Å²) in [4.78, 5) is 2.80. The molecule has 0 aromatic heterocycles. The van der Waals surface area contributed by atoms with Crippen LogP contribution in [0.15, 0.2) is 18.2 Å². The van der Waals surface area contributed by atoms with Crippen molar-refractivity contribution in [3.63, 3.8) is 0 Å². The summed E-state index contributed by atoms with van der Waals surface area (Å²) >= 11 is 0. The summed E-state index contributed by atoms with van der Waals surface area (Å²) in [5.41, 5.74) is 4.66. The van der Waals surface area contributed by atoms with Crippen LogP contribution in [0.2, 0.25) is 0 Å². The van der Waals surface area contributed by atoms with Crippen LogP contribution < -0.4 is 5.32 Å². The Morgan fingerprint density at radius 1 is 1.14 bits per heavy atom. The van der Waals surface area contributed by atoms with Crippen LogP contribution in [0, 0.1) is 12.8 Å². The topological polar surface area (TPSA) is 15.3 Å². The number of nitrogens with one attached hydrogen (secondary N) is 1. The van der Waals surface area contributed by atoms with Gasteiger partial charge in [-0.2, -0.15) is 0 Å². The smallest absolute Gasteiger partial charge is 0.0354 e. The molecule has 21 heavy (non-hydrogen) atoms. The number of fused-ring (bicyclic) bond motifs is 1. The summed E-state index contributed by atoms with van der Waals surface area (Å²) in [6.07, 6.45) is 8.22. The lowest BCUT2D eigenvalue weighted by Crippen LogP contribution is -2.44. The zero-order valence-corrected chi connectivity index (χ0v) is 13.3. The normalized spacial score (nSPS) is 33.3. The molecule has 3 unspecified atom stereocenters. The van der Waals surface area contributed by atoms with Gasteiger partial charge in [0.25, 0.3) is 0 Å². The summed E-state index contributed by atoms with van der Waals surface area (Å²) in [5, 5.41) is 3.74. The van der Waals surface area contributed by atoms with Crippen molar-refractivity contribution in [1.82, 2.24) is 10.2 Å². The largest absolute Gasteiger partial charge is 0.314 e. The van der Waals surface area contributed by atoms with Gasteiger partial charge < -0.3 is 5.32 Å². The number of benzene rings is 1. The fourth-order valence-corrected chi connectivity index (χ4v) is 4.84. The molecule has 3 atom stereocenters. The van der Waals surface area contributed by atoms with Crippen LogP contribution in [0.25, 0.3) is 0 Å². The molecule has 1 aliphatic carbocycles. The molecule has 1 N–H and O–H groups in total. The van der Waals surface area contributed by atoms with E-state index in [1.54, 1.807) is 11.1 Å². The molecule has 1 aromatic rings. The van der Waals surface area contributed by atoms with E-state index in [2.05, 4.69) is 35.3 Å². The molecule has 0 saturated carbocycles. The standard InChI is InChI=1S/C19H28N2/c1-14-6-7-15-8-9-19(17(15)12-14)21-11-3-4-16(13-21)18-5-2-10-20-18/h6-7,12,16,18-20H,2-5,8-11,13H2,1H3. The van der Waals surface area contributed by atoms with E-state index >= 15 is 0 Å². The van der Waals surface area contributed by atoms with Crippen molar-refractivity contribution in [3.05, 3.63) is 34.9 Å². The van der Waals surface area contributed by atoms with E-state index in [1.165, 1.54) is 63.7 Å². The molecule has 0 spiro atoms. The van der Waals surface area contributed by atoms with Crippen molar-refractivity contribution in [2.24, 2.45) is 5.92 Å². The van der Waals surface area contributed by atoms with Crippen molar-refractivity contribution in [2.75, 3.05) is 19.6 Å². The average molecular weight is 284 g/mol. The predicted octanol–water partition coefficient (Wildman–Crippen LogP) is 3.45. The highest BCUT2D eigenvalue weighted by Gasteiger charge is 2.34. The Hall–Kier alpha value is -0.860. The van der Waals surface area contributed by atoms with E-state index in [0.717, 1.165) is 12.0 Å². The molecule has 0 bridgehead atoms. The molecule has 2 heteroatoms. The Bertz CT molecular complexity index is 504. The minimum absolute atomic E-state index is 0.698. The monoisotopic (exact) mass is 284 g/mol. The third-order valence-corrected chi connectivity index (χ3v) is 5.94. The summed E-state index contributed by atoms with van der Waals surface area (Å²) in [7, 11) is 0. The predicted molar refractivity (Wildman–Crippen MR) is 87.6 cm³/mol. The first-order valence-corrected chi connectivity index (χ1v) is 8.88. The Balaban J connectivity index is 1.51. The van der Waals surface area contributed by atoms with Crippen molar-refractivity contribution in [3.8, 4) is 0 Å². The first kappa shape index (κ1) is 13.8. The first-order chi connectivity index (χ1) is 10.3. The lowest BCUT2D eigenvalue weighted by Gasteiger charge is -2.39. The van der Waals surface area contributed by atoms with Crippen LogP contribution in [-0.4, -0.2) is 30.6 Å². The summed E-state index contributed by atoms with van der Waals surface area (Å²) in [5.74, 6) is 0.884.